The zero-order chi connectivity index (χ0) is 28.6. The molecular formula is C40H32N2. The summed E-state index contributed by atoms with van der Waals surface area (Å²) in [7, 11) is 0. The molecule has 0 bridgehead atoms. The summed E-state index contributed by atoms with van der Waals surface area (Å²) < 4.78 is 0. The van der Waals surface area contributed by atoms with Gasteiger partial charge in [-0.05, 0) is 68.8 Å². The molecule has 202 valence electrons. The quantitative estimate of drug-likeness (QED) is 0.223. The lowest BCUT2D eigenvalue weighted by atomic mass is 9.81. The molecule has 2 aliphatic rings. The molecular weight excluding hydrogens is 508 g/mol. The number of pyridine rings is 2. The average Bonchev–Trinajstić information content (AvgIpc) is 3.40. The van der Waals surface area contributed by atoms with Crippen molar-refractivity contribution in [3.63, 3.8) is 0 Å². The highest BCUT2D eigenvalue weighted by molar-refractivity contribution is 5.85. The summed E-state index contributed by atoms with van der Waals surface area (Å²) in [6.45, 7) is 9.24. The molecule has 0 fully saturated rings. The Balaban J connectivity index is 1.21. The van der Waals surface area contributed by atoms with Crippen LogP contribution >= 0.6 is 0 Å². The summed E-state index contributed by atoms with van der Waals surface area (Å²) in [5, 5.41) is 0. The first-order valence-electron chi connectivity index (χ1n) is 14.8. The van der Waals surface area contributed by atoms with Crippen LogP contribution in [0.15, 0.2) is 121 Å². The van der Waals surface area contributed by atoms with Crippen LogP contribution in [0.1, 0.15) is 49.9 Å². The Morgan fingerprint density at radius 1 is 0.381 bits per heavy atom. The molecule has 0 spiro atoms. The van der Waals surface area contributed by atoms with E-state index in [0.717, 1.165) is 22.8 Å². The van der Waals surface area contributed by atoms with Crippen molar-refractivity contribution in [3.05, 3.63) is 144 Å². The number of nitrogens with zero attached hydrogens (tertiary/aromatic N) is 2. The van der Waals surface area contributed by atoms with Gasteiger partial charge >= 0.3 is 0 Å². The van der Waals surface area contributed by atoms with Crippen molar-refractivity contribution < 1.29 is 0 Å². The molecule has 0 saturated heterocycles. The third kappa shape index (κ3) is 3.58. The second-order valence-corrected chi connectivity index (χ2v) is 12.7. The number of aromatic nitrogens is 2. The molecule has 2 heteroatoms. The first-order chi connectivity index (χ1) is 20.3. The van der Waals surface area contributed by atoms with E-state index in [1.807, 2.05) is 0 Å². The van der Waals surface area contributed by atoms with Gasteiger partial charge in [-0.3, -0.25) is 0 Å². The predicted molar refractivity (Wildman–Crippen MR) is 173 cm³/mol. The van der Waals surface area contributed by atoms with Crippen LogP contribution in [0.5, 0.6) is 0 Å². The van der Waals surface area contributed by atoms with Crippen LogP contribution < -0.4 is 0 Å². The van der Waals surface area contributed by atoms with E-state index in [1.165, 1.54) is 55.6 Å². The van der Waals surface area contributed by atoms with Crippen LogP contribution in [0.3, 0.4) is 0 Å². The molecule has 0 atom stereocenters. The highest BCUT2D eigenvalue weighted by atomic mass is 14.8. The number of rotatable bonds is 3. The minimum Gasteiger partial charge on any atom is -0.246 e. The summed E-state index contributed by atoms with van der Waals surface area (Å²) >= 11 is 0. The van der Waals surface area contributed by atoms with Crippen LogP contribution in [0.25, 0.3) is 56.2 Å². The molecule has 0 amide bonds. The van der Waals surface area contributed by atoms with Crippen molar-refractivity contribution in [2.24, 2.45) is 0 Å². The monoisotopic (exact) mass is 540 g/mol. The third-order valence-corrected chi connectivity index (χ3v) is 9.51. The molecule has 2 nitrogen and oxygen atoms in total. The summed E-state index contributed by atoms with van der Waals surface area (Å²) in [5.74, 6) is 0. The fourth-order valence-electron chi connectivity index (χ4n) is 7.07. The summed E-state index contributed by atoms with van der Waals surface area (Å²) in [4.78, 5) is 10.5. The first kappa shape index (κ1) is 24.9. The number of hydrogen-bond acceptors (Lipinski definition) is 2. The molecule has 2 aromatic heterocycles. The standard InChI is InChI=1S/C40H32N2/c1-39(2)31-19-21-35(41-37(31)29-17-15-27(23-33(29)39)25-11-7-5-8-12-25)36-22-20-32-38(42-36)30-18-16-28(24-34(30)40(32,3)4)26-13-9-6-10-14-26/h5-24H,1-4H3. The zero-order valence-corrected chi connectivity index (χ0v) is 24.4. The Kier molecular flexibility index (Phi) is 5.25. The summed E-state index contributed by atoms with van der Waals surface area (Å²) in [6.07, 6.45) is 0. The lowest BCUT2D eigenvalue weighted by molar-refractivity contribution is 0.658. The van der Waals surface area contributed by atoms with E-state index in [4.69, 9.17) is 9.97 Å². The average molecular weight is 541 g/mol. The van der Waals surface area contributed by atoms with E-state index in [1.54, 1.807) is 0 Å². The van der Waals surface area contributed by atoms with Crippen molar-refractivity contribution in [1.82, 2.24) is 9.97 Å². The maximum atomic E-state index is 5.27. The van der Waals surface area contributed by atoms with Gasteiger partial charge in [0, 0.05) is 22.0 Å². The SMILES string of the molecule is CC1(C)c2cc(-c3ccccc3)ccc2-c2nc(-c3ccc4c(n3)-c3ccc(-c5ccccc5)cc3C4(C)C)ccc21. The van der Waals surface area contributed by atoms with Gasteiger partial charge in [-0.2, -0.15) is 0 Å². The van der Waals surface area contributed by atoms with E-state index >= 15 is 0 Å². The van der Waals surface area contributed by atoms with Crippen molar-refractivity contribution >= 4 is 0 Å². The second-order valence-electron chi connectivity index (χ2n) is 12.7. The predicted octanol–water partition coefficient (Wildman–Crippen LogP) is 10.1. The molecule has 0 saturated carbocycles. The van der Waals surface area contributed by atoms with Crippen molar-refractivity contribution in [2.45, 2.75) is 38.5 Å². The Morgan fingerprint density at radius 2 is 0.786 bits per heavy atom. The van der Waals surface area contributed by atoms with Crippen LogP contribution in [0.2, 0.25) is 0 Å². The largest absolute Gasteiger partial charge is 0.246 e. The lowest BCUT2D eigenvalue weighted by Crippen LogP contribution is -2.15. The van der Waals surface area contributed by atoms with Crippen LogP contribution in [0, 0.1) is 0 Å². The maximum Gasteiger partial charge on any atom is 0.0894 e. The Hall–Kier alpha value is -4.82. The van der Waals surface area contributed by atoms with Gasteiger partial charge in [-0.25, -0.2) is 9.97 Å². The molecule has 0 N–H and O–H groups in total. The van der Waals surface area contributed by atoms with Gasteiger partial charge in [-0.15, -0.1) is 0 Å². The van der Waals surface area contributed by atoms with Gasteiger partial charge in [0.2, 0.25) is 0 Å². The Bertz CT molecular complexity index is 1870. The lowest BCUT2D eigenvalue weighted by Gasteiger charge is -2.22. The van der Waals surface area contributed by atoms with Crippen LogP contribution in [-0.4, -0.2) is 9.97 Å². The second kappa shape index (κ2) is 8.84. The minimum atomic E-state index is -0.119. The Labute approximate surface area is 247 Å². The van der Waals surface area contributed by atoms with Crippen LogP contribution in [0.4, 0.5) is 0 Å². The fourth-order valence-corrected chi connectivity index (χ4v) is 7.07. The minimum absolute atomic E-state index is 0.119. The van der Waals surface area contributed by atoms with Gasteiger partial charge in [0.25, 0.3) is 0 Å². The molecule has 2 aliphatic carbocycles. The molecule has 42 heavy (non-hydrogen) atoms. The van der Waals surface area contributed by atoms with Crippen molar-refractivity contribution in [1.29, 1.82) is 0 Å². The van der Waals surface area contributed by atoms with Gasteiger partial charge in [0.15, 0.2) is 0 Å². The Morgan fingerprint density at radius 3 is 1.19 bits per heavy atom. The van der Waals surface area contributed by atoms with Gasteiger partial charge in [0.05, 0.1) is 22.8 Å². The maximum absolute atomic E-state index is 5.27. The smallest absolute Gasteiger partial charge is 0.0894 e. The topological polar surface area (TPSA) is 25.8 Å². The zero-order valence-electron chi connectivity index (χ0n) is 24.4. The third-order valence-electron chi connectivity index (χ3n) is 9.51. The van der Waals surface area contributed by atoms with Gasteiger partial charge < -0.3 is 0 Å². The molecule has 0 aliphatic heterocycles. The van der Waals surface area contributed by atoms with E-state index in [2.05, 4.69) is 149 Å². The number of hydrogen-bond donors (Lipinski definition) is 0. The fraction of sp³-hybridized carbons (Fsp3) is 0.150. The molecule has 2 heterocycles. The normalized spacial score (nSPS) is 15.0. The molecule has 4 aromatic carbocycles. The van der Waals surface area contributed by atoms with E-state index in [9.17, 15) is 0 Å². The van der Waals surface area contributed by atoms with Crippen molar-refractivity contribution in [3.8, 4) is 56.2 Å². The van der Waals surface area contributed by atoms with E-state index in [-0.39, 0.29) is 10.8 Å². The molecule has 6 aromatic rings. The molecule has 8 rings (SSSR count). The highest BCUT2D eigenvalue weighted by Gasteiger charge is 2.38. The summed E-state index contributed by atoms with van der Waals surface area (Å²) in [6, 6.07) is 43.7. The van der Waals surface area contributed by atoms with Crippen molar-refractivity contribution in [2.75, 3.05) is 0 Å². The number of fused-ring (bicyclic) bond motifs is 6. The van der Waals surface area contributed by atoms with Crippen LogP contribution in [-0.2, 0) is 10.8 Å². The van der Waals surface area contributed by atoms with E-state index < -0.39 is 0 Å². The van der Waals surface area contributed by atoms with Gasteiger partial charge in [0.1, 0.15) is 0 Å². The van der Waals surface area contributed by atoms with E-state index in [0.29, 0.717) is 0 Å². The van der Waals surface area contributed by atoms with Gasteiger partial charge in [-0.1, -0.05) is 125 Å². The highest BCUT2D eigenvalue weighted by Crippen LogP contribution is 2.51. The molecule has 0 unspecified atom stereocenters. The number of benzene rings is 4. The summed E-state index contributed by atoms with van der Waals surface area (Å²) in [5.41, 5.74) is 16.3. The first-order valence-corrected chi connectivity index (χ1v) is 14.8. The molecule has 0 radical (unpaired) electrons.